The second-order valence-corrected chi connectivity index (χ2v) is 5.53. The zero-order valence-electron chi connectivity index (χ0n) is 12.3. The van der Waals surface area contributed by atoms with Crippen LogP contribution in [-0.4, -0.2) is 46.4 Å². The fourth-order valence-corrected chi connectivity index (χ4v) is 2.81. The summed E-state index contributed by atoms with van der Waals surface area (Å²) in [5.74, 6) is -0.0434. The number of hydrogen-bond acceptors (Lipinski definition) is 3. The van der Waals surface area contributed by atoms with Crippen LogP contribution >= 0.6 is 0 Å². The summed E-state index contributed by atoms with van der Waals surface area (Å²) in [5, 5.41) is 2.70. The minimum absolute atomic E-state index is 0.000927. The number of likely N-dealkylation sites (tertiary alicyclic amines) is 1. The molecule has 0 spiro atoms. The SMILES string of the molecule is CCn1cncc1C(=O)N1CCCC(C)(C(=O)NC)C1. The number of imidazole rings is 1. The molecule has 20 heavy (non-hydrogen) atoms. The minimum atomic E-state index is -0.500. The Morgan fingerprint density at radius 2 is 2.25 bits per heavy atom. The zero-order valence-corrected chi connectivity index (χ0v) is 12.3. The Labute approximate surface area is 119 Å². The normalized spacial score (nSPS) is 22.6. The standard InChI is InChI=1S/C14H22N4O2/c1-4-17-10-16-8-11(17)12(19)18-7-5-6-14(2,9-18)13(20)15-3/h8,10H,4-7,9H2,1-3H3,(H,15,20). The summed E-state index contributed by atoms with van der Waals surface area (Å²) in [6.45, 7) is 5.76. The van der Waals surface area contributed by atoms with Crippen LogP contribution in [0.25, 0.3) is 0 Å². The summed E-state index contributed by atoms with van der Waals surface area (Å²) in [6.07, 6.45) is 4.91. The van der Waals surface area contributed by atoms with E-state index in [0.717, 1.165) is 12.8 Å². The molecule has 6 heteroatoms. The Morgan fingerprint density at radius 1 is 1.50 bits per heavy atom. The highest BCUT2D eigenvalue weighted by Crippen LogP contribution is 2.30. The van der Waals surface area contributed by atoms with E-state index in [-0.39, 0.29) is 11.8 Å². The maximum atomic E-state index is 12.6. The number of rotatable bonds is 3. The summed E-state index contributed by atoms with van der Waals surface area (Å²) in [6, 6.07) is 0. The third-order valence-corrected chi connectivity index (χ3v) is 4.03. The molecule has 1 N–H and O–H groups in total. The highest BCUT2D eigenvalue weighted by atomic mass is 16.2. The molecule has 1 unspecified atom stereocenters. The molecule has 0 aliphatic carbocycles. The topological polar surface area (TPSA) is 67.2 Å². The largest absolute Gasteiger partial charge is 0.359 e. The maximum absolute atomic E-state index is 12.6. The van der Waals surface area contributed by atoms with Gasteiger partial charge in [0.05, 0.1) is 17.9 Å². The first-order chi connectivity index (χ1) is 9.51. The number of piperidine rings is 1. The lowest BCUT2D eigenvalue weighted by atomic mass is 9.81. The van der Waals surface area contributed by atoms with Crippen LogP contribution in [0.2, 0.25) is 0 Å². The monoisotopic (exact) mass is 278 g/mol. The fourth-order valence-electron chi connectivity index (χ4n) is 2.81. The molecular formula is C14H22N4O2. The second-order valence-electron chi connectivity index (χ2n) is 5.53. The Morgan fingerprint density at radius 3 is 2.90 bits per heavy atom. The fraction of sp³-hybridized carbons (Fsp3) is 0.643. The van der Waals surface area contributed by atoms with Gasteiger partial charge in [-0.3, -0.25) is 9.59 Å². The van der Waals surface area contributed by atoms with Crippen LogP contribution in [0.5, 0.6) is 0 Å². The molecule has 2 amide bonds. The van der Waals surface area contributed by atoms with Crippen molar-refractivity contribution in [3.8, 4) is 0 Å². The first-order valence-electron chi connectivity index (χ1n) is 7.03. The van der Waals surface area contributed by atoms with Crippen LogP contribution in [-0.2, 0) is 11.3 Å². The van der Waals surface area contributed by atoms with Gasteiger partial charge < -0.3 is 14.8 Å². The van der Waals surface area contributed by atoms with Crippen molar-refractivity contribution in [3.05, 3.63) is 18.2 Å². The predicted molar refractivity (Wildman–Crippen MR) is 75.2 cm³/mol. The molecule has 1 fully saturated rings. The second kappa shape index (κ2) is 5.64. The van der Waals surface area contributed by atoms with Crippen molar-refractivity contribution in [2.45, 2.75) is 33.2 Å². The van der Waals surface area contributed by atoms with E-state index < -0.39 is 5.41 Å². The van der Waals surface area contributed by atoms with Gasteiger partial charge in [0.1, 0.15) is 5.69 Å². The van der Waals surface area contributed by atoms with E-state index in [4.69, 9.17) is 0 Å². The molecule has 0 aromatic carbocycles. The van der Waals surface area contributed by atoms with Gasteiger partial charge in [0, 0.05) is 26.7 Å². The average molecular weight is 278 g/mol. The highest BCUT2D eigenvalue weighted by molar-refractivity contribution is 5.93. The molecule has 1 aliphatic heterocycles. The Hall–Kier alpha value is -1.85. The lowest BCUT2D eigenvalue weighted by Crippen LogP contribution is -2.51. The molecule has 0 saturated carbocycles. The third-order valence-electron chi connectivity index (χ3n) is 4.03. The van der Waals surface area contributed by atoms with Crippen LogP contribution in [0.3, 0.4) is 0 Å². The van der Waals surface area contributed by atoms with Crippen molar-refractivity contribution in [2.75, 3.05) is 20.1 Å². The van der Waals surface area contributed by atoms with Crippen molar-refractivity contribution in [1.29, 1.82) is 0 Å². The van der Waals surface area contributed by atoms with Crippen LogP contribution in [0, 0.1) is 5.41 Å². The van der Waals surface area contributed by atoms with Crippen molar-refractivity contribution in [3.63, 3.8) is 0 Å². The van der Waals surface area contributed by atoms with Gasteiger partial charge in [-0.15, -0.1) is 0 Å². The zero-order chi connectivity index (χ0) is 14.8. The van der Waals surface area contributed by atoms with Crippen molar-refractivity contribution >= 4 is 11.8 Å². The number of nitrogens with zero attached hydrogens (tertiary/aromatic N) is 3. The number of aromatic nitrogens is 2. The molecule has 1 aromatic heterocycles. The van der Waals surface area contributed by atoms with Gasteiger partial charge in [0.25, 0.3) is 5.91 Å². The molecular weight excluding hydrogens is 256 g/mol. The van der Waals surface area contributed by atoms with Crippen molar-refractivity contribution < 1.29 is 9.59 Å². The van der Waals surface area contributed by atoms with Crippen LogP contribution < -0.4 is 5.32 Å². The molecule has 0 radical (unpaired) electrons. The van der Waals surface area contributed by atoms with Gasteiger partial charge in [-0.1, -0.05) is 0 Å². The molecule has 1 atom stereocenters. The number of aryl methyl sites for hydroxylation is 1. The van der Waals surface area contributed by atoms with Gasteiger partial charge in [-0.25, -0.2) is 4.98 Å². The molecule has 1 aliphatic rings. The Kier molecular flexibility index (Phi) is 4.11. The average Bonchev–Trinajstić information content (AvgIpc) is 2.94. The number of carbonyl (C=O) groups excluding carboxylic acids is 2. The predicted octanol–water partition coefficient (Wildman–Crippen LogP) is 0.891. The van der Waals surface area contributed by atoms with Gasteiger partial charge >= 0.3 is 0 Å². The van der Waals surface area contributed by atoms with Gasteiger partial charge in [-0.05, 0) is 26.7 Å². The highest BCUT2D eigenvalue weighted by Gasteiger charge is 2.39. The third kappa shape index (κ3) is 2.55. The first kappa shape index (κ1) is 14.6. The molecule has 1 aromatic rings. The lowest BCUT2D eigenvalue weighted by Gasteiger charge is -2.39. The minimum Gasteiger partial charge on any atom is -0.359 e. The molecule has 2 heterocycles. The van der Waals surface area contributed by atoms with Crippen LogP contribution in [0.15, 0.2) is 12.5 Å². The summed E-state index contributed by atoms with van der Waals surface area (Å²) >= 11 is 0. The molecule has 2 rings (SSSR count). The van der Waals surface area contributed by atoms with Crippen molar-refractivity contribution in [2.24, 2.45) is 5.41 Å². The lowest BCUT2D eigenvalue weighted by molar-refractivity contribution is -0.132. The van der Waals surface area contributed by atoms with E-state index in [1.165, 1.54) is 0 Å². The summed E-state index contributed by atoms with van der Waals surface area (Å²) in [7, 11) is 1.64. The Bertz CT molecular complexity index is 511. The quantitative estimate of drug-likeness (QED) is 0.893. The number of amides is 2. The molecule has 110 valence electrons. The molecule has 1 saturated heterocycles. The van der Waals surface area contributed by atoms with E-state index in [1.54, 1.807) is 24.5 Å². The number of hydrogen-bond donors (Lipinski definition) is 1. The summed E-state index contributed by atoms with van der Waals surface area (Å²) < 4.78 is 1.83. The van der Waals surface area contributed by atoms with E-state index in [9.17, 15) is 9.59 Å². The van der Waals surface area contributed by atoms with Crippen molar-refractivity contribution in [1.82, 2.24) is 19.8 Å². The van der Waals surface area contributed by atoms with E-state index >= 15 is 0 Å². The Balaban J connectivity index is 2.17. The van der Waals surface area contributed by atoms with Crippen LogP contribution in [0.4, 0.5) is 0 Å². The summed E-state index contributed by atoms with van der Waals surface area (Å²) in [4.78, 5) is 30.4. The van der Waals surface area contributed by atoms with E-state index in [1.807, 2.05) is 18.4 Å². The summed E-state index contributed by atoms with van der Waals surface area (Å²) in [5.41, 5.74) is 0.0911. The van der Waals surface area contributed by atoms with E-state index in [0.29, 0.717) is 25.3 Å². The maximum Gasteiger partial charge on any atom is 0.272 e. The molecule has 6 nitrogen and oxygen atoms in total. The number of carbonyl (C=O) groups is 2. The smallest absolute Gasteiger partial charge is 0.272 e. The van der Waals surface area contributed by atoms with Gasteiger partial charge in [0.2, 0.25) is 5.91 Å². The van der Waals surface area contributed by atoms with E-state index in [2.05, 4.69) is 10.3 Å². The van der Waals surface area contributed by atoms with Gasteiger partial charge in [-0.2, -0.15) is 0 Å². The first-order valence-corrected chi connectivity index (χ1v) is 7.03. The van der Waals surface area contributed by atoms with Crippen LogP contribution in [0.1, 0.15) is 37.2 Å². The van der Waals surface area contributed by atoms with Gasteiger partial charge in [0.15, 0.2) is 0 Å². The molecule has 0 bridgehead atoms. The number of nitrogens with one attached hydrogen (secondary N) is 1.